The highest BCUT2D eigenvalue weighted by molar-refractivity contribution is 6.31. The number of aryl methyl sites for hydroxylation is 1. The van der Waals surface area contributed by atoms with Crippen LogP contribution in [0.15, 0.2) is 30.3 Å². The van der Waals surface area contributed by atoms with Gasteiger partial charge in [0, 0.05) is 48.4 Å². The van der Waals surface area contributed by atoms with Crippen molar-refractivity contribution in [3.63, 3.8) is 0 Å². The number of amides is 2. The SMILES string of the molecule is Cc1nn(C(C)(C)C)c2nc(C3CC3)cc(C(=O)N3CCN(C(=O)c4cccc(Cl)c4)CC3)c12. The van der Waals surface area contributed by atoms with E-state index < -0.39 is 0 Å². The van der Waals surface area contributed by atoms with Crippen LogP contribution < -0.4 is 0 Å². The number of rotatable bonds is 3. The van der Waals surface area contributed by atoms with Crippen molar-refractivity contribution in [2.75, 3.05) is 26.2 Å². The van der Waals surface area contributed by atoms with E-state index in [0.717, 1.165) is 35.3 Å². The Balaban J connectivity index is 1.42. The Hall–Kier alpha value is -2.93. The molecule has 3 aromatic rings. The number of fused-ring (bicyclic) bond motifs is 1. The topological polar surface area (TPSA) is 71.3 Å². The van der Waals surface area contributed by atoms with Gasteiger partial charge in [0.15, 0.2) is 5.65 Å². The third-order valence-electron chi connectivity index (χ3n) is 6.62. The normalized spacial score (nSPS) is 16.9. The van der Waals surface area contributed by atoms with Crippen LogP contribution in [0.1, 0.15) is 71.6 Å². The number of halogens is 1. The van der Waals surface area contributed by atoms with Gasteiger partial charge in [-0.15, -0.1) is 0 Å². The van der Waals surface area contributed by atoms with Crippen LogP contribution in [0.2, 0.25) is 5.02 Å². The molecule has 0 spiro atoms. The van der Waals surface area contributed by atoms with Gasteiger partial charge in [0.25, 0.3) is 11.8 Å². The van der Waals surface area contributed by atoms with Crippen molar-refractivity contribution < 1.29 is 9.59 Å². The molecule has 1 aliphatic carbocycles. The number of carbonyl (C=O) groups excluding carboxylic acids is 2. The Labute approximate surface area is 204 Å². The first-order valence-corrected chi connectivity index (χ1v) is 12.3. The van der Waals surface area contributed by atoms with Crippen LogP contribution in [0.25, 0.3) is 11.0 Å². The fraction of sp³-hybridized carbons (Fsp3) is 0.462. The van der Waals surface area contributed by atoms with Crippen LogP contribution in [-0.2, 0) is 5.54 Å². The Morgan fingerprint density at radius 2 is 1.65 bits per heavy atom. The quantitative estimate of drug-likeness (QED) is 0.549. The monoisotopic (exact) mass is 479 g/mol. The van der Waals surface area contributed by atoms with Crippen LogP contribution in [0.3, 0.4) is 0 Å². The molecule has 0 unspecified atom stereocenters. The number of hydrogen-bond acceptors (Lipinski definition) is 4. The Morgan fingerprint density at radius 3 is 2.24 bits per heavy atom. The third kappa shape index (κ3) is 4.17. The van der Waals surface area contributed by atoms with Crippen LogP contribution in [0, 0.1) is 6.92 Å². The molecular formula is C26H30ClN5O2. The maximum absolute atomic E-state index is 13.8. The van der Waals surface area contributed by atoms with E-state index in [2.05, 4.69) is 20.8 Å². The smallest absolute Gasteiger partial charge is 0.254 e. The molecule has 34 heavy (non-hydrogen) atoms. The van der Waals surface area contributed by atoms with Crippen LogP contribution >= 0.6 is 11.6 Å². The minimum Gasteiger partial charge on any atom is -0.335 e. The summed E-state index contributed by atoms with van der Waals surface area (Å²) in [5.41, 5.74) is 3.59. The lowest BCUT2D eigenvalue weighted by Crippen LogP contribution is -2.50. The van der Waals surface area contributed by atoms with E-state index in [1.807, 2.05) is 22.6 Å². The molecule has 0 atom stereocenters. The van der Waals surface area contributed by atoms with Gasteiger partial charge < -0.3 is 9.80 Å². The van der Waals surface area contributed by atoms with E-state index in [9.17, 15) is 9.59 Å². The highest BCUT2D eigenvalue weighted by Crippen LogP contribution is 2.41. The van der Waals surface area contributed by atoms with E-state index >= 15 is 0 Å². The number of hydrogen-bond donors (Lipinski definition) is 0. The summed E-state index contributed by atoms with van der Waals surface area (Å²) in [4.78, 5) is 35.2. The van der Waals surface area contributed by atoms with Crippen molar-refractivity contribution in [3.05, 3.63) is 57.9 Å². The molecule has 3 heterocycles. The minimum absolute atomic E-state index is 0.0132. The molecule has 2 amide bonds. The first-order valence-electron chi connectivity index (χ1n) is 11.9. The van der Waals surface area contributed by atoms with Crippen molar-refractivity contribution in [2.24, 2.45) is 0 Å². The largest absolute Gasteiger partial charge is 0.335 e. The molecule has 8 heteroatoms. The van der Waals surface area contributed by atoms with Gasteiger partial charge in [-0.1, -0.05) is 17.7 Å². The second-order valence-corrected chi connectivity index (χ2v) is 10.8. The average Bonchev–Trinajstić information content (AvgIpc) is 3.60. The molecule has 178 valence electrons. The van der Waals surface area contributed by atoms with Crippen molar-refractivity contribution in [3.8, 4) is 0 Å². The first-order chi connectivity index (χ1) is 16.1. The van der Waals surface area contributed by atoms with E-state index in [0.29, 0.717) is 48.2 Å². The van der Waals surface area contributed by atoms with Gasteiger partial charge in [-0.2, -0.15) is 5.10 Å². The summed E-state index contributed by atoms with van der Waals surface area (Å²) in [5.74, 6) is 0.353. The Bertz CT molecular complexity index is 1280. The second kappa shape index (κ2) is 8.38. The lowest BCUT2D eigenvalue weighted by molar-refractivity contribution is 0.0536. The molecule has 1 saturated carbocycles. The highest BCUT2D eigenvalue weighted by Gasteiger charge is 2.32. The molecule has 2 fully saturated rings. The highest BCUT2D eigenvalue weighted by atomic mass is 35.5. The van der Waals surface area contributed by atoms with Gasteiger partial charge >= 0.3 is 0 Å². The number of nitrogens with zero attached hydrogens (tertiary/aromatic N) is 5. The van der Waals surface area contributed by atoms with E-state index in [4.69, 9.17) is 21.7 Å². The van der Waals surface area contributed by atoms with Gasteiger partial charge in [-0.3, -0.25) is 9.59 Å². The fourth-order valence-electron chi connectivity index (χ4n) is 4.62. The number of aromatic nitrogens is 3. The van der Waals surface area contributed by atoms with Crippen molar-refractivity contribution in [2.45, 2.75) is 52.0 Å². The standard InChI is InChI=1S/C26H30ClN5O2/c1-16-22-20(15-21(17-8-9-17)28-23(22)32(29-16)26(2,3)4)25(34)31-12-10-30(11-13-31)24(33)18-6-5-7-19(27)14-18/h5-7,14-15,17H,8-13H2,1-4H3. The van der Waals surface area contributed by atoms with Crippen molar-refractivity contribution >= 4 is 34.4 Å². The maximum atomic E-state index is 13.8. The molecule has 0 bridgehead atoms. The van der Waals surface area contributed by atoms with E-state index in [-0.39, 0.29) is 17.4 Å². The maximum Gasteiger partial charge on any atom is 0.254 e. The average molecular weight is 480 g/mol. The molecule has 1 saturated heterocycles. The molecule has 2 aliphatic rings. The number of piperazine rings is 1. The van der Waals surface area contributed by atoms with Gasteiger partial charge in [0.05, 0.1) is 22.2 Å². The molecule has 2 aromatic heterocycles. The minimum atomic E-state index is -0.242. The molecule has 7 nitrogen and oxygen atoms in total. The third-order valence-corrected chi connectivity index (χ3v) is 6.85. The molecular weight excluding hydrogens is 450 g/mol. The Morgan fingerprint density at radius 1 is 1.00 bits per heavy atom. The summed E-state index contributed by atoms with van der Waals surface area (Å²) in [6.07, 6.45) is 2.22. The first kappa shape index (κ1) is 22.8. The summed E-state index contributed by atoms with van der Waals surface area (Å²) in [7, 11) is 0. The number of pyridine rings is 1. The molecule has 5 rings (SSSR count). The van der Waals surface area contributed by atoms with Crippen LogP contribution in [0.5, 0.6) is 0 Å². The van der Waals surface area contributed by atoms with Crippen LogP contribution in [0.4, 0.5) is 0 Å². The van der Waals surface area contributed by atoms with Crippen LogP contribution in [-0.4, -0.2) is 62.6 Å². The molecule has 0 N–H and O–H groups in total. The summed E-state index contributed by atoms with van der Waals surface area (Å²) < 4.78 is 1.95. The lowest BCUT2D eigenvalue weighted by Gasteiger charge is -2.35. The van der Waals surface area contributed by atoms with E-state index in [1.54, 1.807) is 29.2 Å². The van der Waals surface area contributed by atoms with Gasteiger partial charge in [0.1, 0.15) is 0 Å². The second-order valence-electron chi connectivity index (χ2n) is 10.3. The zero-order valence-corrected chi connectivity index (χ0v) is 20.9. The summed E-state index contributed by atoms with van der Waals surface area (Å²) in [6, 6.07) is 8.97. The zero-order valence-electron chi connectivity index (χ0n) is 20.1. The van der Waals surface area contributed by atoms with Gasteiger partial charge in [-0.05, 0) is 64.8 Å². The van der Waals surface area contributed by atoms with E-state index in [1.165, 1.54) is 0 Å². The lowest BCUT2D eigenvalue weighted by atomic mass is 10.0. The van der Waals surface area contributed by atoms with Gasteiger partial charge in [-0.25, -0.2) is 9.67 Å². The van der Waals surface area contributed by atoms with Crippen molar-refractivity contribution in [1.82, 2.24) is 24.6 Å². The molecule has 1 aliphatic heterocycles. The Kier molecular flexibility index (Phi) is 5.63. The summed E-state index contributed by atoms with van der Waals surface area (Å²) in [5, 5.41) is 6.14. The number of carbonyl (C=O) groups is 2. The zero-order chi connectivity index (χ0) is 24.2. The predicted molar refractivity (Wildman–Crippen MR) is 132 cm³/mol. The predicted octanol–water partition coefficient (Wildman–Crippen LogP) is 4.62. The fourth-order valence-corrected chi connectivity index (χ4v) is 4.81. The molecule has 0 radical (unpaired) electrons. The molecule has 1 aromatic carbocycles. The van der Waals surface area contributed by atoms with Gasteiger partial charge in [0.2, 0.25) is 0 Å². The summed E-state index contributed by atoms with van der Waals surface area (Å²) >= 11 is 6.05. The number of benzene rings is 1. The van der Waals surface area contributed by atoms with Crippen molar-refractivity contribution in [1.29, 1.82) is 0 Å². The summed E-state index contributed by atoms with van der Waals surface area (Å²) in [6.45, 7) is 10.2.